The first-order valence-electron chi connectivity index (χ1n) is 5.76. The molecule has 0 spiro atoms. The number of para-hydroxylation sites is 1. The van der Waals surface area contributed by atoms with E-state index in [-0.39, 0.29) is 5.56 Å². The van der Waals surface area contributed by atoms with Crippen LogP contribution >= 0.6 is 11.6 Å². The van der Waals surface area contributed by atoms with Crippen LogP contribution < -0.4 is 5.73 Å². The van der Waals surface area contributed by atoms with Crippen molar-refractivity contribution in [3.63, 3.8) is 0 Å². The van der Waals surface area contributed by atoms with Crippen LogP contribution in [0, 0.1) is 6.92 Å². The summed E-state index contributed by atoms with van der Waals surface area (Å²) in [5, 5.41) is 8.09. The van der Waals surface area contributed by atoms with Crippen LogP contribution in [0.1, 0.15) is 26.3 Å². The molecule has 2 aromatic rings. The van der Waals surface area contributed by atoms with E-state index in [1.165, 1.54) is 6.07 Å². The van der Waals surface area contributed by atoms with Crippen LogP contribution in [0.3, 0.4) is 0 Å². The number of hydrogen-bond acceptors (Lipinski definition) is 3. The fraction of sp³-hybridized carbons (Fsp3) is 0.0667. The van der Waals surface area contributed by atoms with Gasteiger partial charge in [0.25, 0.3) is 5.24 Å². The van der Waals surface area contributed by atoms with E-state index >= 15 is 0 Å². The van der Waals surface area contributed by atoms with E-state index in [0.717, 1.165) is 5.56 Å². The molecule has 0 aliphatic carbocycles. The monoisotopic (exact) mass is 291 g/mol. The zero-order valence-electron chi connectivity index (χ0n) is 10.8. The average molecular weight is 292 g/mol. The first-order valence-corrected chi connectivity index (χ1v) is 6.14. The first-order chi connectivity index (χ1) is 9.43. The molecule has 4 nitrogen and oxygen atoms in total. The molecule has 0 saturated carbocycles. The first kappa shape index (κ1) is 15.7. The van der Waals surface area contributed by atoms with Gasteiger partial charge in [-0.15, -0.1) is 0 Å². The Kier molecular flexibility index (Phi) is 5.74. The minimum Gasteiger partial charge on any atom is -0.478 e. The molecule has 104 valence electrons. The Bertz CT molecular complexity index is 571. The van der Waals surface area contributed by atoms with Crippen molar-refractivity contribution in [1.82, 2.24) is 0 Å². The molecular formula is C15H14ClNO3. The van der Waals surface area contributed by atoms with Gasteiger partial charge < -0.3 is 10.8 Å². The van der Waals surface area contributed by atoms with Gasteiger partial charge in [-0.3, -0.25) is 4.79 Å². The number of carboxylic acids is 1. The summed E-state index contributed by atoms with van der Waals surface area (Å²) in [4.78, 5) is 21.0. The van der Waals surface area contributed by atoms with Crippen molar-refractivity contribution >= 4 is 28.5 Å². The van der Waals surface area contributed by atoms with Gasteiger partial charge in [-0.1, -0.05) is 30.3 Å². The quantitative estimate of drug-likeness (QED) is 0.657. The number of carbonyl (C=O) groups excluding carboxylic acids is 1. The number of nitrogen functional groups attached to an aromatic ring is 1. The van der Waals surface area contributed by atoms with Gasteiger partial charge >= 0.3 is 5.97 Å². The maximum atomic E-state index is 10.6. The summed E-state index contributed by atoms with van der Waals surface area (Å²) >= 11 is 5.27. The topological polar surface area (TPSA) is 80.4 Å². The molecule has 0 aliphatic heterocycles. The Morgan fingerprint density at radius 3 is 1.85 bits per heavy atom. The second kappa shape index (κ2) is 7.31. The van der Waals surface area contributed by atoms with Crippen LogP contribution in [-0.4, -0.2) is 16.3 Å². The molecule has 5 heteroatoms. The van der Waals surface area contributed by atoms with Crippen molar-refractivity contribution in [2.24, 2.45) is 0 Å². The normalized spacial score (nSPS) is 9.30. The number of halogens is 1. The molecule has 0 aromatic heterocycles. The maximum Gasteiger partial charge on any atom is 0.337 e. The number of carboxylic acid groups (broad SMARTS) is 1. The number of carbonyl (C=O) groups is 2. The van der Waals surface area contributed by atoms with Crippen molar-refractivity contribution < 1.29 is 14.7 Å². The lowest BCUT2D eigenvalue weighted by molar-refractivity contribution is 0.0698. The second-order valence-electron chi connectivity index (χ2n) is 3.98. The molecule has 0 aliphatic rings. The van der Waals surface area contributed by atoms with Crippen molar-refractivity contribution in [1.29, 1.82) is 0 Å². The van der Waals surface area contributed by atoms with Crippen LogP contribution in [0.15, 0.2) is 48.5 Å². The van der Waals surface area contributed by atoms with E-state index < -0.39 is 11.2 Å². The predicted octanol–water partition coefficient (Wildman–Crippen LogP) is 3.34. The van der Waals surface area contributed by atoms with Crippen molar-refractivity contribution in [2.45, 2.75) is 6.92 Å². The molecule has 3 N–H and O–H groups in total. The Balaban J connectivity index is 0.000000200. The summed E-state index contributed by atoms with van der Waals surface area (Å²) < 4.78 is 0. The van der Waals surface area contributed by atoms with Crippen molar-refractivity contribution in [3.8, 4) is 0 Å². The second-order valence-corrected chi connectivity index (χ2v) is 4.32. The van der Waals surface area contributed by atoms with Gasteiger partial charge in [0.2, 0.25) is 0 Å². The van der Waals surface area contributed by atoms with Gasteiger partial charge in [-0.25, -0.2) is 4.79 Å². The molecule has 0 fully saturated rings. The minimum absolute atomic E-state index is 0.155. The summed E-state index contributed by atoms with van der Waals surface area (Å²) in [7, 11) is 0. The molecule has 2 aromatic carbocycles. The molecule has 0 bridgehead atoms. The highest BCUT2D eigenvalue weighted by atomic mass is 35.5. The third-order valence-corrected chi connectivity index (χ3v) is 2.75. The highest BCUT2D eigenvalue weighted by Gasteiger charge is 2.04. The van der Waals surface area contributed by atoms with E-state index in [1.807, 2.05) is 19.1 Å². The van der Waals surface area contributed by atoms with Crippen molar-refractivity contribution in [3.05, 3.63) is 65.2 Å². The van der Waals surface area contributed by atoms with Crippen LogP contribution in [0.2, 0.25) is 0 Å². The largest absolute Gasteiger partial charge is 0.478 e. The lowest BCUT2D eigenvalue weighted by atomic mass is 10.1. The number of nitrogens with two attached hydrogens (primary N) is 1. The van der Waals surface area contributed by atoms with E-state index in [2.05, 4.69) is 0 Å². The van der Waals surface area contributed by atoms with Gasteiger partial charge in [0, 0.05) is 11.3 Å². The molecule has 20 heavy (non-hydrogen) atoms. The van der Waals surface area contributed by atoms with Crippen LogP contribution in [0.5, 0.6) is 0 Å². The number of anilines is 1. The summed E-state index contributed by atoms with van der Waals surface area (Å²) in [6, 6.07) is 13.6. The van der Waals surface area contributed by atoms with Crippen LogP contribution in [0.4, 0.5) is 5.69 Å². The van der Waals surface area contributed by atoms with Crippen LogP contribution in [0.25, 0.3) is 0 Å². The fourth-order valence-electron chi connectivity index (χ4n) is 1.49. The van der Waals surface area contributed by atoms with E-state index in [0.29, 0.717) is 11.3 Å². The third-order valence-electron chi connectivity index (χ3n) is 2.55. The smallest absolute Gasteiger partial charge is 0.337 e. The summed E-state index contributed by atoms with van der Waals surface area (Å²) in [5.74, 6) is -0.988. The number of aromatic carboxylic acids is 1. The van der Waals surface area contributed by atoms with Crippen LogP contribution in [-0.2, 0) is 0 Å². The molecule has 0 unspecified atom stereocenters. The molecule has 0 atom stereocenters. The predicted molar refractivity (Wildman–Crippen MR) is 79.2 cm³/mol. The zero-order chi connectivity index (χ0) is 15.1. The third kappa shape index (κ3) is 4.40. The van der Waals surface area contributed by atoms with E-state index in [4.69, 9.17) is 22.4 Å². The minimum atomic E-state index is -0.988. The van der Waals surface area contributed by atoms with E-state index in [9.17, 15) is 9.59 Å². The molecule has 0 radical (unpaired) electrons. The Hall–Kier alpha value is -2.33. The standard InChI is InChI=1S/C8H7ClO.C7H7NO2/c1-6-4-2-3-5-7(6)8(9)10;8-6-4-2-1-3-5(6)7(9)10/h2-5H,1H3;1-4H,8H2,(H,9,10). The number of benzene rings is 2. The van der Waals surface area contributed by atoms with Gasteiger partial charge in [0.15, 0.2) is 0 Å². The SMILES string of the molecule is Cc1ccccc1C(=O)Cl.Nc1ccccc1C(=O)O. The molecular weight excluding hydrogens is 278 g/mol. The summed E-state index contributed by atoms with van der Waals surface area (Å²) in [6.45, 7) is 1.86. The van der Waals surface area contributed by atoms with E-state index in [1.54, 1.807) is 30.3 Å². The molecule has 2 rings (SSSR count). The number of aryl methyl sites for hydroxylation is 1. The average Bonchev–Trinajstić information content (AvgIpc) is 2.40. The molecule has 0 saturated heterocycles. The Morgan fingerprint density at radius 1 is 1.00 bits per heavy atom. The molecule has 0 amide bonds. The summed E-state index contributed by atoms with van der Waals surface area (Å²) in [6.07, 6.45) is 0. The lowest BCUT2D eigenvalue weighted by Crippen LogP contribution is -2.00. The lowest BCUT2D eigenvalue weighted by Gasteiger charge is -1.96. The highest BCUT2D eigenvalue weighted by molar-refractivity contribution is 6.67. The van der Waals surface area contributed by atoms with Gasteiger partial charge in [-0.2, -0.15) is 0 Å². The van der Waals surface area contributed by atoms with Gasteiger partial charge in [0.1, 0.15) is 0 Å². The Morgan fingerprint density at radius 2 is 1.50 bits per heavy atom. The number of rotatable bonds is 2. The maximum absolute atomic E-state index is 10.6. The number of hydrogen-bond donors (Lipinski definition) is 2. The fourth-order valence-corrected chi connectivity index (χ4v) is 1.70. The van der Waals surface area contributed by atoms with Gasteiger partial charge in [-0.05, 0) is 42.3 Å². The zero-order valence-corrected chi connectivity index (χ0v) is 11.6. The Labute approximate surface area is 121 Å². The summed E-state index contributed by atoms with van der Waals surface area (Å²) in [5.41, 5.74) is 7.30. The van der Waals surface area contributed by atoms with Crippen molar-refractivity contribution in [2.75, 3.05) is 5.73 Å². The highest BCUT2D eigenvalue weighted by Crippen LogP contribution is 2.09. The molecule has 0 heterocycles. The van der Waals surface area contributed by atoms with Gasteiger partial charge in [0.05, 0.1) is 5.56 Å².